The minimum absolute atomic E-state index is 0.0986. The van der Waals surface area contributed by atoms with E-state index in [1.807, 2.05) is 0 Å². The van der Waals surface area contributed by atoms with Crippen molar-refractivity contribution in [3.05, 3.63) is 12.2 Å². The van der Waals surface area contributed by atoms with Crippen LogP contribution in [0.25, 0.3) is 0 Å². The summed E-state index contributed by atoms with van der Waals surface area (Å²) in [6, 6.07) is 0. The van der Waals surface area contributed by atoms with Crippen LogP contribution in [0.3, 0.4) is 0 Å². The molecule has 1 atom stereocenters. The monoisotopic (exact) mass is 224 g/mol. The highest BCUT2D eigenvalue weighted by molar-refractivity contribution is 5.86. The summed E-state index contributed by atoms with van der Waals surface area (Å²) < 4.78 is 4.59. The van der Waals surface area contributed by atoms with Crippen LogP contribution in [-0.4, -0.2) is 28.1 Å². The fraction of sp³-hybridized carbons (Fsp3) is 0.700. The minimum atomic E-state index is -0.739. The van der Waals surface area contributed by atoms with Gasteiger partial charge >= 0.3 is 0 Å². The van der Waals surface area contributed by atoms with Gasteiger partial charge in [0.25, 0.3) is 0 Å². The van der Waals surface area contributed by atoms with Crippen LogP contribution in [0.5, 0.6) is 0 Å². The molecule has 0 aliphatic heterocycles. The van der Waals surface area contributed by atoms with Crippen molar-refractivity contribution >= 4 is 5.91 Å². The van der Waals surface area contributed by atoms with Gasteiger partial charge in [-0.1, -0.05) is 5.16 Å². The molecule has 6 heteroatoms. The van der Waals surface area contributed by atoms with Gasteiger partial charge in [0.1, 0.15) is 0 Å². The highest BCUT2D eigenvalue weighted by atomic mass is 16.5. The summed E-state index contributed by atoms with van der Waals surface area (Å²) in [5.41, 5.74) is 5.22. The van der Waals surface area contributed by atoms with Crippen LogP contribution in [0.2, 0.25) is 0 Å². The summed E-state index contributed by atoms with van der Waals surface area (Å²) in [5.74, 6) is 0.821. The van der Waals surface area contributed by atoms with Gasteiger partial charge in [0.05, 0.1) is 5.54 Å². The maximum Gasteiger partial charge on any atom is 0.240 e. The Bertz CT molecular complexity index is 357. The molecular formula is C10H16N4O2. The number of carbonyl (C=O) groups excluding carboxylic acids is 1. The van der Waals surface area contributed by atoms with E-state index in [4.69, 9.17) is 5.73 Å². The molecule has 3 N–H and O–H groups in total. The molecule has 0 aromatic carbocycles. The topological polar surface area (TPSA) is 94.0 Å². The molecular weight excluding hydrogens is 208 g/mol. The third kappa shape index (κ3) is 2.38. The van der Waals surface area contributed by atoms with Crippen LogP contribution in [0.1, 0.15) is 25.6 Å². The second kappa shape index (κ2) is 4.21. The molecule has 1 amide bonds. The Kier molecular flexibility index (Phi) is 2.91. The van der Waals surface area contributed by atoms with Crippen molar-refractivity contribution in [3.8, 4) is 0 Å². The molecule has 0 bridgehead atoms. The van der Waals surface area contributed by atoms with Gasteiger partial charge in [0.2, 0.25) is 12.3 Å². The summed E-state index contributed by atoms with van der Waals surface area (Å²) in [5, 5.41) is 6.45. The molecule has 16 heavy (non-hydrogen) atoms. The number of hydrogen-bond donors (Lipinski definition) is 2. The largest absolute Gasteiger partial charge is 0.354 e. The van der Waals surface area contributed by atoms with Crippen LogP contribution in [0.4, 0.5) is 0 Å². The molecule has 0 spiro atoms. The highest BCUT2D eigenvalue weighted by Gasteiger charge is 2.43. The third-order valence-corrected chi connectivity index (χ3v) is 2.96. The molecule has 1 saturated carbocycles. The molecule has 0 saturated heterocycles. The number of amides is 1. The van der Waals surface area contributed by atoms with Crippen molar-refractivity contribution in [2.24, 2.45) is 11.7 Å². The van der Waals surface area contributed by atoms with Gasteiger partial charge in [-0.2, -0.15) is 4.98 Å². The van der Waals surface area contributed by atoms with Crippen LogP contribution >= 0.6 is 0 Å². The lowest BCUT2D eigenvalue weighted by Gasteiger charge is -2.22. The van der Waals surface area contributed by atoms with Crippen LogP contribution in [0.15, 0.2) is 10.9 Å². The Morgan fingerprint density at radius 2 is 2.50 bits per heavy atom. The first kappa shape index (κ1) is 11.1. The maximum atomic E-state index is 11.8. The molecule has 1 heterocycles. The fourth-order valence-electron chi connectivity index (χ4n) is 1.65. The third-order valence-electron chi connectivity index (χ3n) is 2.96. The lowest BCUT2D eigenvalue weighted by molar-refractivity contribution is -0.126. The SMILES string of the molecule is CC(N)(C(=O)NCCc1ncon1)C1CC1. The number of nitrogens with two attached hydrogens (primary N) is 1. The first-order chi connectivity index (χ1) is 7.60. The average Bonchev–Trinajstić information content (AvgIpc) is 2.99. The number of aromatic nitrogens is 2. The van der Waals surface area contributed by atoms with Gasteiger partial charge in [-0.3, -0.25) is 4.79 Å². The molecule has 1 unspecified atom stereocenters. The normalized spacial score (nSPS) is 19.1. The Morgan fingerprint density at radius 1 is 1.75 bits per heavy atom. The van der Waals surface area contributed by atoms with E-state index in [0.717, 1.165) is 12.8 Å². The fourth-order valence-corrected chi connectivity index (χ4v) is 1.65. The van der Waals surface area contributed by atoms with E-state index in [9.17, 15) is 4.79 Å². The second-order valence-electron chi connectivity index (χ2n) is 4.41. The number of carbonyl (C=O) groups is 1. The Morgan fingerprint density at radius 3 is 3.06 bits per heavy atom. The number of nitrogens with one attached hydrogen (secondary N) is 1. The van der Waals surface area contributed by atoms with E-state index in [1.54, 1.807) is 6.92 Å². The van der Waals surface area contributed by atoms with Crippen molar-refractivity contribution in [3.63, 3.8) is 0 Å². The summed E-state index contributed by atoms with van der Waals surface area (Å²) in [6.45, 7) is 2.27. The Labute approximate surface area is 93.6 Å². The Hall–Kier alpha value is -1.43. The van der Waals surface area contributed by atoms with Gasteiger partial charge in [0.15, 0.2) is 5.82 Å². The van der Waals surface area contributed by atoms with Crippen LogP contribution in [-0.2, 0) is 11.2 Å². The summed E-state index contributed by atoms with van der Waals surface area (Å²) >= 11 is 0. The molecule has 1 aromatic heterocycles. The van der Waals surface area contributed by atoms with Crippen LogP contribution < -0.4 is 11.1 Å². The van der Waals surface area contributed by atoms with E-state index in [-0.39, 0.29) is 5.91 Å². The molecule has 2 rings (SSSR count). The van der Waals surface area contributed by atoms with Gasteiger partial charge in [-0.25, -0.2) is 0 Å². The standard InChI is InChI=1S/C10H16N4O2/c1-10(11,7-2-3-7)9(15)12-5-4-8-13-6-16-14-8/h6-7H,2-5,11H2,1H3,(H,12,15). The van der Waals surface area contributed by atoms with Crippen molar-refractivity contribution in [1.29, 1.82) is 0 Å². The van der Waals surface area contributed by atoms with Crippen LogP contribution in [0, 0.1) is 5.92 Å². The van der Waals surface area contributed by atoms with E-state index in [1.165, 1.54) is 6.39 Å². The maximum absolute atomic E-state index is 11.8. The average molecular weight is 224 g/mol. The number of hydrogen-bond acceptors (Lipinski definition) is 5. The van der Waals surface area contributed by atoms with Crippen molar-refractivity contribution in [2.45, 2.75) is 31.7 Å². The molecule has 0 radical (unpaired) electrons. The summed E-state index contributed by atoms with van der Waals surface area (Å²) in [7, 11) is 0. The van der Waals surface area contributed by atoms with Gasteiger partial charge in [-0.05, 0) is 25.7 Å². The predicted octanol–water partition coefficient (Wildman–Crippen LogP) is -0.144. The predicted molar refractivity (Wildman–Crippen MR) is 56.3 cm³/mol. The Balaban J connectivity index is 1.75. The number of rotatable bonds is 5. The molecule has 1 aromatic rings. The smallest absolute Gasteiger partial charge is 0.240 e. The zero-order valence-corrected chi connectivity index (χ0v) is 9.27. The molecule has 1 aliphatic rings. The molecule has 1 aliphatic carbocycles. The zero-order valence-electron chi connectivity index (χ0n) is 9.27. The lowest BCUT2D eigenvalue weighted by atomic mass is 9.96. The first-order valence-corrected chi connectivity index (χ1v) is 5.43. The second-order valence-corrected chi connectivity index (χ2v) is 4.41. The van der Waals surface area contributed by atoms with E-state index in [2.05, 4.69) is 20.0 Å². The summed E-state index contributed by atoms with van der Waals surface area (Å²) in [4.78, 5) is 15.6. The first-order valence-electron chi connectivity index (χ1n) is 5.43. The molecule has 6 nitrogen and oxygen atoms in total. The van der Waals surface area contributed by atoms with Crippen molar-refractivity contribution < 1.29 is 9.32 Å². The van der Waals surface area contributed by atoms with Crippen molar-refractivity contribution in [2.75, 3.05) is 6.54 Å². The minimum Gasteiger partial charge on any atom is -0.354 e. The van der Waals surface area contributed by atoms with E-state index >= 15 is 0 Å². The zero-order chi connectivity index (χ0) is 11.6. The summed E-state index contributed by atoms with van der Waals surface area (Å²) in [6.07, 6.45) is 3.92. The van der Waals surface area contributed by atoms with Gasteiger partial charge in [-0.15, -0.1) is 0 Å². The van der Waals surface area contributed by atoms with Crippen molar-refractivity contribution in [1.82, 2.24) is 15.5 Å². The highest BCUT2D eigenvalue weighted by Crippen LogP contribution is 2.37. The van der Waals surface area contributed by atoms with Gasteiger partial charge in [0, 0.05) is 13.0 Å². The molecule has 88 valence electrons. The van der Waals surface area contributed by atoms with E-state index in [0.29, 0.717) is 24.7 Å². The lowest BCUT2D eigenvalue weighted by Crippen LogP contribution is -2.53. The van der Waals surface area contributed by atoms with Gasteiger partial charge < -0.3 is 15.6 Å². The molecule has 1 fully saturated rings. The number of nitrogens with zero attached hydrogens (tertiary/aromatic N) is 2. The van der Waals surface area contributed by atoms with E-state index < -0.39 is 5.54 Å². The quantitative estimate of drug-likeness (QED) is 0.725.